The Kier molecular flexibility index (Phi) is 2.76. The molecule has 1 heterocycles. The average molecular weight is 205 g/mol. The molecule has 0 aliphatic carbocycles. The molecule has 0 unspecified atom stereocenters. The van der Waals surface area contributed by atoms with Gasteiger partial charge in [0.2, 0.25) is 0 Å². The van der Waals surface area contributed by atoms with Gasteiger partial charge in [0.25, 0.3) is 0 Å². The second-order valence-electron chi connectivity index (χ2n) is 2.79. The van der Waals surface area contributed by atoms with Gasteiger partial charge in [-0.15, -0.1) is 0 Å². The van der Waals surface area contributed by atoms with Crippen LogP contribution < -0.4 is 5.32 Å². The molecule has 0 radical (unpaired) electrons. The smallest absolute Gasteiger partial charge is 0.369 e. The van der Waals surface area contributed by atoms with Crippen LogP contribution in [0.5, 0.6) is 0 Å². The van der Waals surface area contributed by atoms with Gasteiger partial charge in [0.05, 0.1) is 6.10 Å². The number of hydrogen-bond donors (Lipinski definition) is 1. The van der Waals surface area contributed by atoms with Crippen LogP contribution in [0, 0.1) is 0 Å². The van der Waals surface area contributed by atoms with E-state index in [-0.39, 0.29) is 0 Å². The fraction of sp³-hybridized carbons (Fsp3) is 1.00. The van der Waals surface area contributed by atoms with E-state index in [4.69, 9.17) is 0 Å². The second-order valence-corrected chi connectivity index (χ2v) is 2.79. The van der Waals surface area contributed by atoms with Crippen LogP contribution in [0.1, 0.15) is 0 Å². The lowest BCUT2D eigenvalue weighted by atomic mass is 10.2. The van der Waals surface area contributed by atoms with E-state index >= 15 is 0 Å². The summed E-state index contributed by atoms with van der Waals surface area (Å²) in [5.74, 6) is -4.75. The predicted octanol–water partition coefficient (Wildman–Crippen LogP) is 1.17. The molecule has 78 valence electrons. The number of nitrogens with one attached hydrogen (secondary N) is 1. The second kappa shape index (κ2) is 3.38. The third kappa shape index (κ3) is 2.50. The van der Waals surface area contributed by atoms with Gasteiger partial charge in [0.15, 0.2) is 0 Å². The van der Waals surface area contributed by atoms with Gasteiger partial charge in [0, 0.05) is 13.1 Å². The highest BCUT2D eigenvalue weighted by Crippen LogP contribution is 2.35. The Morgan fingerprint density at radius 2 is 1.69 bits per heavy atom. The van der Waals surface area contributed by atoms with Gasteiger partial charge >= 0.3 is 12.1 Å². The van der Waals surface area contributed by atoms with Crippen molar-refractivity contribution >= 4 is 0 Å². The molecular weight excluding hydrogens is 197 g/mol. The summed E-state index contributed by atoms with van der Waals surface area (Å²) in [6.45, 7) is -0.940. The van der Waals surface area contributed by atoms with Gasteiger partial charge in [-0.1, -0.05) is 0 Å². The zero-order valence-electron chi connectivity index (χ0n) is 6.50. The molecule has 0 bridgehead atoms. The molecule has 7 heteroatoms. The zero-order chi connectivity index (χ0) is 10.1. The Bertz CT molecular complexity index is 176. The van der Waals surface area contributed by atoms with Gasteiger partial charge in [0.1, 0.15) is 6.61 Å². The Labute approximate surface area is 71.0 Å². The lowest BCUT2D eigenvalue weighted by Crippen LogP contribution is -2.51. The molecule has 1 aliphatic rings. The third-order valence-electron chi connectivity index (χ3n) is 1.66. The summed E-state index contributed by atoms with van der Waals surface area (Å²) in [5.41, 5.74) is 0. The minimum atomic E-state index is -5.52. The maximum atomic E-state index is 12.2. The number of hydrogen-bond acceptors (Lipinski definition) is 2. The number of rotatable bonds is 3. The number of ether oxygens (including phenoxy) is 1. The normalized spacial score (nSPS) is 20.1. The number of halogens is 5. The molecule has 1 aliphatic heterocycles. The quantitative estimate of drug-likeness (QED) is 0.698. The van der Waals surface area contributed by atoms with E-state index in [0.717, 1.165) is 0 Å². The van der Waals surface area contributed by atoms with Crippen LogP contribution >= 0.6 is 0 Å². The van der Waals surface area contributed by atoms with Crippen LogP contribution in [0.2, 0.25) is 0 Å². The SMILES string of the molecule is FC(F)(F)C(F)(F)COC1CNC1. The van der Waals surface area contributed by atoms with Crippen LogP contribution in [0.3, 0.4) is 0 Å². The molecule has 13 heavy (non-hydrogen) atoms. The maximum absolute atomic E-state index is 12.2. The van der Waals surface area contributed by atoms with Crippen LogP contribution in [-0.2, 0) is 4.74 Å². The van der Waals surface area contributed by atoms with Crippen molar-refractivity contribution in [1.82, 2.24) is 5.32 Å². The lowest BCUT2D eigenvalue weighted by Gasteiger charge is -2.29. The van der Waals surface area contributed by atoms with Crippen molar-refractivity contribution in [3.05, 3.63) is 0 Å². The molecule has 1 fully saturated rings. The topological polar surface area (TPSA) is 21.3 Å². The molecule has 0 aromatic heterocycles. The summed E-state index contributed by atoms with van der Waals surface area (Å²) in [4.78, 5) is 0. The Hall–Kier alpha value is -0.430. The van der Waals surface area contributed by atoms with Crippen LogP contribution in [0.25, 0.3) is 0 Å². The fourth-order valence-electron chi connectivity index (χ4n) is 0.684. The van der Waals surface area contributed by atoms with Crippen molar-refractivity contribution in [3.63, 3.8) is 0 Å². The van der Waals surface area contributed by atoms with Gasteiger partial charge in [-0.05, 0) is 0 Å². The highest BCUT2D eigenvalue weighted by Gasteiger charge is 2.57. The molecule has 0 aromatic carbocycles. The summed E-state index contributed by atoms with van der Waals surface area (Å²) >= 11 is 0. The van der Waals surface area contributed by atoms with Gasteiger partial charge in [-0.25, -0.2) is 0 Å². The molecule has 1 saturated heterocycles. The molecule has 2 nitrogen and oxygen atoms in total. The van der Waals surface area contributed by atoms with Crippen molar-refractivity contribution in [2.45, 2.75) is 18.2 Å². The first-order valence-corrected chi connectivity index (χ1v) is 3.60. The highest BCUT2D eigenvalue weighted by atomic mass is 19.4. The standard InChI is InChI=1S/C6H8F5NO/c7-5(8,6(9,10)11)3-13-4-1-12-2-4/h4,12H,1-3H2. The molecular formula is C6H8F5NO. The van der Waals surface area contributed by atoms with Crippen molar-refractivity contribution in [3.8, 4) is 0 Å². The molecule has 0 aromatic rings. The minimum Gasteiger partial charge on any atom is -0.369 e. The van der Waals surface area contributed by atoms with E-state index in [2.05, 4.69) is 10.1 Å². The lowest BCUT2D eigenvalue weighted by molar-refractivity contribution is -0.300. The fourth-order valence-corrected chi connectivity index (χ4v) is 0.684. The first-order chi connectivity index (χ1) is 5.83. The van der Waals surface area contributed by atoms with E-state index in [1.807, 2.05) is 0 Å². The Morgan fingerprint density at radius 1 is 1.15 bits per heavy atom. The Balaban J connectivity index is 2.32. The summed E-state index contributed by atoms with van der Waals surface area (Å²) < 4.78 is 63.4. The minimum absolute atomic E-state index is 0.327. The molecule has 1 N–H and O–H groups in total. The van der Waals surface area contributed by atoms with Crippen LogP contribution in [-0.4, -0.2) is 37.9 Å². The molecule has 0 amide bonds. The van der Waals surface area contributed by atoms with Crippen molar-refractivity contribution in [1.29, 1.82) is 0 Å². The highest BCUT2D eigenvalue weighted by molar-refractivity contribution is 4.79. The van der Waals surface area contributed by atoms with Gasteiger partial charge in [-0.2, -0.15) is 22.0 Å². The molecule has 1 rings (SSSR count). The van der Waals surface area contributed by atoms with E-state index in [9.17, 15) is 22.0 Å². The maximum Gasteiger partial charge on any atom is 0.455 e. The van der Waals surface area contributed by atoms with Crippen LogP contribution in [0.15, 0.2) is 0 Å². The van der Waals surface area contributed by atoms with E-state index < -0.39 is 24.8 Å². The van der Waals surface area contributed by atoms with E-state index in [1.165, 1.54) is 0 Å². The average Bonchev–Trinajstić information content (AvgIpc) is 1.80. The monoisotopic (exact) mass is 205 g/mol. The third-order valence-corrected chi connectivity index (χ3v) is 1.66. The molecule has 0 atom stereocenters. The van der Waals surface area contributed by atoms with Gasteiger partial charge < -0.3 is 10.1 Å². The molecule has 0 saturated carbocycles. The first kappa shape index (κ1) is 10.6. The zero-order valence-corrected chi connectivity index (χ0v) is 6.50. The summed E-state index contributed by atoms with van der Waals surface area (Å²) in [7, 11) is 0. The van der Waals surface area contributed by atoms with Crippen molar-refractivity contribution in [2.24, 2.45) is 0 Å². The summed E-state index contributed by atoms with van der Waals surface area (Å²) in [6, 6.07) is 0. The molecule has 0 spiro atoms. The summed E-state index contributed by atoms with van der Waals surface area (Å²) in [6.07, 6.45) is -6.04. The van der Waals surface area contributed by atoms with Crippen molar-refractivity contribution in [2.75, 3.05) is 19.7 Å². The largest absolute Gasteiger partial charge is 0.455 e. The Morgan fingerprint density at radius 3 is 2.00 bits per heavy atom. The van der Waals surface area contributed by atoms with E-state index in [0.29, 0.717) is 13.1 Å². The first-order valence-electron chi connectivity index (χ1n) is 3.60. The number of alkyl halides is 5. The van der Waals surface area contributed by atoms with Crippen LogP contribution in [0.4, 0.5) is 22.0 Å². The van der Waals surface area contributed by atoms with Gasteiger partial charge in [-0.3, -0.25) is 0 Å². The van der Waals surface area contributed by atoms with E-state index in [1.54, 1.807) is 0 Å². The summed E-state index contributed by atoms with van der Waals surface area (Å²) in [5, 5.41) is 2.69. The van der Waals surface area contributed by atoms with Crippen molar-refractivity contribution < 1.29 is 26.7 Å². The predicted molar refractivity (Wildman–Crippen MR) is 33.6 cm³/mol.